The molecule has 0 bridgehead atoms. The third kappa shape index (κ3) is 3.07. The molecule has 5 nitrogen and oxygen atoms in total. The van der Waals surface area contributed by atoms with Crippen LogP contribution in [-0.2, 0) is 6.54 Å². The maximum Gasteiger partial charge on any atom is 0.280 e. The van der Waals surface area contributed by atoms with Crippen LogP contribution in [-0.4, -0.2) is 9.97 Å². The van der Waals surface area contributed by atoms with Gasteiger partial charge in [0.25, 0.3) is 6.43 Å². The highest BCUT2D eigenvalue weighted by atomic mass is 19.3. The fraction of sp³-hybridized carbons (Fsp3) is 0.143. The SMILES string of the molecule is FC(F)c1cc(-c2ccco2)nc(NCc2ccco2)n1. The summed E-state index contributed by atoms with van der Waals surface area (Å²) in [5, 5.41) is 2.85. The molecule has 1 N–H and O–H groups in total. The van der Waals surface area contributed by atoms with Gasteiger partial charge in [-0.3, -0.25) is 0 Å². The zero-order chi connectivity index (χ0) is 14.7. The minimum Gasteiger partial charge on any atom is -0.467 e. The van der Waals surface area contributed by atoms with Gasteiger partial charge in [-0.15, -0.1) is 0 Å². The highest BCUT2D eigenvalue weighted by molar-refractivity contribution is 5.54. The quantitative estimate of drug-likeness (QED) is 0.772. The Kier molecular flexibility index (Phi) is 3.63. The first-order valence-electron chi connectivity index (χ1n) is 6.19. The van der Waals surface area contributed by atoms with E-state index < -0.39 is 6.43 Å². The van der Waals surface area contributed by atoms with E-state index in [1.165, 1.54) is 18.6 Å². The highest BCUT2D eigenvalue weighted by Gasteiger charge is 2.15. The Morgan fingerprint density at radius 1 is 1.10 bits per heavy atom. The zero-order valence-corrected chi connectivity index (χ0v) is 10.8. The van der Waals surface area contributed by atoms with Crippen LogP contribution < -0.4 is 5.32 Å². The summed E-state index contributed by atoms with van der Waals surface area (Å²) in [5.74, 6) is 1.15. The number of hydrogen-bond donors (Lipinski definition) is 1. The topological polar surface area (TPSA) is 64.1 Å². The molecule has 108 valence electrons. The lowest BCUT2D eigenvalue weighted by Gasteiger charge is -2.07. The van der Waals surface area contributed by atoms with Crippen LogP contribution in [0.1, 0.15) is 17.9 Å². The Bertz CT molecular complexity index is 697. The minimum absolute atomic E-state index is 0.0931. The molecule has 21 heavy (non-hydrogen) atoms. The molecular formula is C14H11F2N3O2. The summed E-state index contributed by atoms with van der Waals surface area (Å²) in [4.78, 5) is 7.95. The van der Waals surface area contributed by atoms with Gasteiger partial charge < -0.3 is 14.2 Å². The second-order valence-electron chi connectivity index (χ2n) is 4.21. The fourth-order valence-electron chi connectivity index (χ4n) is 1.79. The van der Waals surface area contributed by atoms with E-state index in [0.29, 0.717) is 23.8 Å². The first-order valence-corrected chi connectivity index (χ1v) is 6.19. The van der Waals surface area contributed by atoms with Crippen LogP contribution in [0.2, 0.25) is 0 Å². The molecule has 3 aromatic rings. The Labute approximate surface area is 118 Å². The maximum atomic E-state index is 12.9. The predicted molar refractivity (Wildman–Crippen MR) is 70.7 cm³/mol. The van der Waals surface area contributed by atoms with E-state index in [0.717, 1.165) is 0 Å². The van der Waals surface area contributed by atoms with Crippen LogP contribution in [0.3, 0.4) is 0 Å². The molecule has 3 rings (SSSR count). The number of hydrogen-bond acceptors (Lipinski definition) is 5. The lowest BCUT2D eigenvalue weighted by Crippen LogP contribution is -2.06. The first kappa shape index (κ1) is 13.3. The van der Waals surface area contributed by atoms with E-state index in [2.05, 4.69) is 15.3 Å². The van der Waals surface area contributed by atoms with Gasteiger partial charge in [-0.05, 0) is 30.3 Å². The van der Waals surface area contributed by atoms with Gasteiger partial charge >= 0.3 is 0 Å². The van der Waals surface area contributed by atoms with Crippen molar-refractivity contribution < 1.29 is 17.6 Å². The summed E-state index contributed by atoms with van der Waals surface area (Å²) in [6.07, 6.45) is 0.294. The molecular weight excluding hydrogens is 280 g/mol. The summed E-state index contributed by atoms with van der Waals surface area (Å²) in [5.41, 5.74) is -0.0643. The summed E-state index contributed by atoms with van der Waals surface area (Å²) in [7, 11) is 0. The summed E-state index contributed by atoms with van der Waals surface area (Å²) >= 11 is 0. The number of furan rings is 2. The van der Waals surface area contributed by atoms with E-state index in [1.807, 2.05) is 0 Å². The number of alkyl halides is 2. The van der Waals surface area contributed by atoms with Gasteiger partial charge in [-0.25, -0.2) is 18.7 Å². The van der Waals surface area contributed by atoms with Crippen LogP contribution in [0, 0.1) is 0 Å². The molecule has 0 aliphatic heterocycles. The predicted octanol–water partition coefficient (Wildman–Crippen LogP) is 3.88. The third-order valence-electron chi connectivity index (χ3n) is 2.74. The molecule has 0 saturated heterocycles. The zero-order valence-electron chi connectivity index (χ0n) is 10.8. The van der Waals surface area contributed by atoms with Crippen molar-refractivity contribution in [2.75, 3.05) is 5.32 Å². The molecule has 0 spiro atoms. The summed E-state index contributed by atoms with van der Waals surface area (Å²) in [6.45, 7) is 0.303. The molecule has 0 aromatic carbocycles. The number of nitrogens with one attached hydrogen (secondary N) is 1. The Morgan fingerprint density at radius 2 is 1.90 bits per heavy atom. The van der Waals surface area contributed by atoms with Crippen molar-refractivity contribution >= 4 is 5.95 Å². The molecule has 0 unspecified atom stereocenters. The van der Waals surface area contributed by atoms with Crippen molar-refractivity contribution in [1.82, 2.24) is 9.97 Å². The average molecular weight is 291 g/mol. The molecule has 0 atom stereocenters. The van der Waals surface area contributed by atoms with E-state index in [4.69, 9.17) is 8.83 Å². The van der Waals surface area contributed by atoms with E-state index in [9.17, 15) is 8.78 Å². The fourth-order valence-corrected chi connectivity index (χ4v) is 1.79. The second kappa shape index (κ2) is 5.74. The van der Waals surface area contributed by atoms with Gasteiger partial charge in [0, 0.05) is 0 Å². The standard InChI is InChI=1S/C14H11F2N3O2/c15-13(16)11-7-10(12-4-2-6-21-12)18-14(19-11)17-8-9-3-1-5-20-9/h1-7,13H,8H2,(H,17,18,19). The summed E-state index contributed by atoms with van der Waals surface area (Å²) in [6, 6.07) is 8.02. The first-order chi connectivity index (χ1) is 10.2. The van der Waals surface area contributed by atoms with Gasteiger partial charge in [-0.1, -0.05) is 0 Å². The molecule has 3 aromatic heterocycles. The summed E-state index contributed by atoms with van der Waals surface area (Å²) < 4.78 is 36.2. The number of halogens is 2. The molecule has 0 radical (unpaired) electrons. The van der Waals surface area contributed by atoms with Crippen molar-refractivity contribution in [3.05, 3.63) is 54.3 Å². The van der Waals surface area contributed by atoms with Crippen molar-refractivity contribution in [2.45, 2.75) is 13.0 Å². The van der Waals surface area contributed by atoms with Crippen molar-refractivity contribution in [3.8, 4) is 11.5 Å². The monoisotopic (exact) mass is 291 g/mol. The van der Waals surface area contributed by atoms with Gasteiger partial charge in [0.1, 0.15) is 17.1 Å². The largest absolute Gasteiger partial charge is 0.467 e. The molecule has 3 heterocycles. The van der Waals surface area contributed by atoms with E-state index in [-0.39, 0.29) is 11.6 Å². The highest BCUT2D eigenvalue weighted by Crippen LogP contribution is 2.25. The number of nitrogens with zero attached hydrogens (tertiary/aromatic N) is 2. The molecule has 0 amide bonds. The van der Waals surface area contributed by atoms with Crippen LogP contribution >= 0.6 is 0 Å². The lowest BCUT2D eigenvalue weighted by molar-refractivity contribution is 0.146. The van der Waals surface area contributed by atoms with Crippen LogP contribution in [0.15, 0.2) is 51.7 Å². The lowest BCUT2D eigenvalue weighted by atomic mass is 10.2. The second-order valence-corrected chi connectivity index (χ2v) is 4.21. The molecule has 7 heteroatoms. The Hall–Kier alpha value is -2.70. The third-order valence-corrected chi connectivity index (χ3v) is 2.74. The van der Waals surface area contributed by atoms with Gasteiger partial charge in [0.15, 0.2) is 5.76 Å². The van der Waals surface area contributed by atoms with Crippen molar-refractivity contribution in [2.24, 2.45) is 0 Å². The van der Waals surface area contributed by atoms with Gasteiger partial charge in [0.05, 0.1) is 19.1 Å². The van der Waals surface area contributed by atoms with Gasteiger partial charge in [-0.2, -0.15) is 0 Å². The van der Waals surface area contributed by atoms with E-state index >= 15 is 0 Å². The molecule has 0 aliphatic carbocycles. The number of anilines is 1. The number of aromatic nitrogens is 2. The molecule has 0 fully saturated rings. The van der Waals surface area contributed by atoms with Crippen LogP contribution in [0.5, 0.6) is 0 Å². The number of rotatable bonds is 5. The molecule has 0 aliphatic rings. The van der Waals surface area contributed by atoms with Crippen LogP contribution in [0.4, 0.5) is 14.7 Å². The Morgan fingerprint density at radius 3 is 2.57 bits per heavy atom. The van der Waals surface area contributed by atoms with Gasteiger partial charge in [0.2, 0.25) is 5.95 Å². The van der Waals surface area contributed by atoms with Crippen molar-refractivity contribution in [3.63, 3.8) is 0 Å². The average Bonchev–Trinajstić information content (AvgIpc) is 3.18. The van der Waals surface area contributed by atoms with E-state index in [1.54, 1.807) is 24.3 Å². The molecule has 0 saturated carbocycles. The Balaban J connectivity index is 1.88. The minimum atomic E-state index is -2.69. The van der Waals surface area contributed by atoms with Crippen LogP contribution in [0.25, 0.3) is 11.5 Å². The van der Waals surface area contributed by atoms with Crippen molar-refractivity contribution in [1.29, 1.82) is 0 Å². The normalized spacial score (nSPS) is 11.0. The smallest absolute Gasteiger partial charge is 0.280 e. The maximum absolute atomic E-state index is 12.9.